The molecule has 22 heavy (non-hydrogen) atoms. The van der Waals surface area contributed by atoms with E-state index in [1.54, 1.807) is 0 Å². The van der Waals surface area contributed by atoms with Crippen LogP contribution in [-0.4, -0.2) is 48.0 Å². The Labute approximate surface area is 133 Å². The Kier molecular flexibility index (Phi) is 4.19. The molecular weight excluding hydrogens is 278 g/mol. The number of fused-ring (bicyclic) bond motifs is 1. The molecule has 0 bridgehead atoms. The average molecular weight is 305 g/mol. The molecular formula is C18H27NO3. The third-order valence-corrected chi connectivity index (χ3v) is 4.84. The first-order valence-electron chi connectivity index (χ1n) is 8.23. The van der Waals surface area contributed by atoms with Crippen molar-refractivity contribution < 1.29 is 14.6 Å². The molecule has 3 rings (SSSR count). The Bertz CT molecular complexity index is 535. The summed E-state index contributed by atoms with van der Waals surface area (Å²) >= 11 is 0. The molecule has 0 aromatic heterocycles. The lowest BCUT2D eigenvalue weighted by atomic mass is 9.83. The predicted molar refractivity (Wildman–Crippen MR) is 86.4 cm³/mol. The quantitative estimate of drug-likeness (QED) is 0.912. The maximum absolute atomic E-state index is 11.1. The highest BCUT2D eigenvalue weighted by molar-refractivity contribution is 5.43. The Hall–Kier alpha value is -1.10. The van der Waals surface area contributed by atoms with Crippen LogP contribution >= 0.6 is 0 Å². The third-order valence-electron chi connectivity index (χ3n) is 4.84. The van der Waals surface area contributed by atoms with Gasteiger partial charge in [0.1, 0.15) is 17.5 Å². The van der Waals surface area contributed by atoms with Crippen LogP contribution in [0.4, 0.5) is 0 Å². The summed E-state index contributed by atoms with van der Waals surface area (Å²) < 4.78 is 11.7. The van der Waals surface area contributed by atoms with Gasteiger partial charge in [0.15, 0.2) is 0 Å². The Morgan fingerprint density at radius 3 is 2.55 bits per heavy atom. The summed E-state index contributed by atoms with van der Waals surface area (Å²) in [5, 5.41) is 11.1. The van der Waals surface area contributed by atoms with Gasteiger partial charge >= 0.3 is 0 Å². The minimum atomic E-state index is -0.532. The summed E-state index contributed by atoms with van der Waals surface area (Å²) in [5.74, 6) is 1.25. The number of hydrogen-bond donors (Lipinski definition) is 1. The van der Waals surface area contributed by atoms with Gasteiger partial charge < -0.3 is 14.6 Å². The fourth-order valence-corrected chi connectivity index (χ4v) is 3.64. The zero-order valence-corrected chi connectivity index (χ0v) is 14.0. The van der Waals surface area contributed by atoms with Gasteiger partial charge in [0.25, 0.3) is 0 Å². The van der Waals surface area contributed by atoms with E-state index in [9.17, 15) is 5.11 Å². The van der Waals surface area contributed by atoms with E-state index in [4.69, 9.17) is 9.47 Å². The van der Waals surface area contributed by atoms with Crippen molar-refractivity contribution in [3.05, 3.63) is 29.3 Å². The third kappa shape index (κ3) is 2.75. The zero-order valence-electron chi connectivity index (χ0n) is 14.0. The number of rotatable bonds is 2. The van der Waals surface area contributed by atoms with Gasteiger partial charge in [0.05, 0.1) is 19.3 Å². The van der Waals surface area contributed by atoms with E-state index in [2.05, 4.69) is 44.7 Å². The lowest BCUT2D eigenvalue weighted by Crippen LogP contribution is -2.60. The number of ether oxygens (including phenoxy) is 2. The van der Waals surface area contributed by atoms with Crippen molar-refractivity contribution in [1.82, 2.24) is 4.90 Å². The van der Waals surface area contributed by atoms with Gasteiger partial charge in [-0.1, -0.05) is 19.9 Å². The largest absolute Gasteiger partial charge is 0.486 e. The second-order valence-electron chi connectivity index (χ2n) is 7.20. The van der Waals surface area contributed by atoms with E-state index < -0.39 is 11.7 Å². The van der Waals surface area contributed by atoms with E-state index in [0.29, 0.717) is 5.92 Å². The standard InChI is InChI=1S/C18H27NO3/c1-12(2)13-5-6-15-14(11-13)16(20)17(18(3,4)22-15)19-7-9-21-10-8-19/h5-6,11-12,16-17,20H,7-10H2,1-4H3. The molecule has 4 heteroatoms. The molecule has 1 aromatic carbocycles. The van der Waals surface area contributed by atoms with Crippen molar-refractivity contribution >= 4 is 0 Å². The molecule has 1 fully saturated rings. The SMILES string of the molecule is CC(C)c1ccc2c(c1)C(O)C(N1CCOCC1)C(C)(C)O2. The normalized spacial score (nSPS) is 28.3. The molecule has 2 heterocycles. The fraction of sp³-hybridized carbons (Fsp3) is 0.667. The minimum absolute atomic E-state index is 0.0497. The Balaban J connectivity index is 1.97. The van der Waals surface area contributed by atoms with Crippen LogP contribution in [-0.2, 0) is 4.74 Å². The van der Waals surface area contributed by atoms with Gasteiger partial charge in [0, 0.05) is 18.7 Å². The zero-order chi connectivity index (χ0) is 15.9. The fourth-order valence-electron chi connectivity index (χ4n) is 3.64. The molecule has 0 saturated carbocycles. The number of aliphatic hydroxyl groups excluding tert-OH is 1. The molecule has 4 nitrogen and oxygen atoms in total. The number of morpholine rings is 1. The highest BCUT2D eigenvalue weighted by atomic mass is 16.5. The van der Waals surface area contributed by atoms with Crippen LogP contribution in [0.25, 0.3) is 0 Å². The lowest BCUT2D eigenvalue weighted by Gasteiger charge is -2.49. The molecule has 2 unspecified atom stereocenters. The van der Waals surface area contributed by atoms with E-state index in [1.165, 1.54) is 5.56 Å². The van der Waals surface area contributed by atoms with Crippen LogP contribution in [0.2, 0.25) is 0 Å². The van der Waals surface area contributed by atoms with Crippen LogP contribution in [0.5, 0.6) is 5.75 Å². The lowest BCUT2D eigenvalue weighted by molar-refractivity contribution is -0.106. The summed E-state index contributed by atoms with van der Waals surface area (Å²) in [4.78, 5) is 2.30. The predicted octanol–water partition coefficient (Wildman–Crippen LogP) is 2.72. The molecule has 2 aliphatic heterocycles. The number of nitrogens with zero attached hydrogens (tertiary/aromatic N) is 1. The average Bonchev–Trinajstić information content (AvgIpc) is 2.47. The van der Waals surface area contributed by atoms with Crippen LogP contribution in [0.1, 0.15) is 50.8 Å². The molecule has 0 amide bonds. The van der Waals surface area contributed by atoms with E-state index in [1.807, 2.05) is 6.07 Å². The second-order valence-corrected chi connectivity index (χ2v) is 7.20. The molecule has 2 atom stereocenters. The first-order valence-corrected chi connectivity index (χ1v) is 8.23. The molecule has 2 aliphatic rings. The Morgan fingerprint density at radius 2 is 1.91 bits per heavy atom. The topological polar surface area (TPSA) is 41.9 Å². The smallest absolute Gasteiger partial charge is 0.126 e. The van der Waals surface area contributed by atoms with Crippen LogP contribution in [0.15, 0.2) is 18.2 Å². The van der Waals surface area contributed by atoms with Crippen molar-refractivity contribution in [3.63, 3.8) is 0 Å². The van der Waals surface area contributed by atoms with Crippen LogP contribution in [0, 0.1) is 0 Å². The van der Waals surface area contributed by atoms with Crippen molar-refractivity contribution in [2.45, 2.75) is 51.4 Å². The summed E-state index contributed by atoms with van der Waals surface area (Å²) in [6.45, 7) is 11.6. The monoisotopic (exact) mass is 305 g/mol. The summed E-state index contributed by atoms with van der Waals surface area (Å²) in [5.41, 5.74) is 1.73. The molecule has 1 saturated heterocycles. The van der Waals surface area contributed by atoms with Gasteiger partial charge in [-0.25, -0.2) is 0 Å². The van der Waals surface area contributed by atoms with Gasteiger partial charge in [-0.15, -0.1) is 0 Å². The van der Waals surface area contributed by atoms with Crippen molar-refractivity contribution in [3.8, 4) is 5.75 Å². The molecule has 0 radical (unpaired) electrons. The molecule has 1 aromatic rings. The van der Waals surface area contributed by atoms with Gasteiger partial charge in [-0.05, 0) is 37.5 Å². The molecule has 122 valence electrons. The molecule has 0 aliphatic carbocycles. The highest BCUT2D eigenvalue weighted by Crippen LogP contribution is 2.43. The van der Waals surface area contributed by atoms with Crippen molar-refractivity contribution in [1.29, 1.82) is 0 Å². The molecule has 0 spiro atoms. The van der Waals surface area contributed by atoms with E-state index in [0.717, 1.165) is 37.6 Å². The number of hydrogen-bond acceptors (Lipinski definition) is 4. The van der Waals surface area contributed by atoms with Gasteiger partial charge in [0.2, 0.25) is 0 Å². The van der Waals surface area contributed by atoms with Crippen molar-refractivity contribution in [2.24, 2.45) is 0 Å². The van der Waals surface area contributed by atoms with E-state index in [-0.39, 0.29) is 6.04 Å². The van der Waals surface area contributed by atoms with Crippen molar-refractivity contribution in [2.75, 3.05) is 26.3 Å². The maximum Gasteiger partial charge on any atom is 0.126 e. The number of aliphatic hydroxyl groups is 1. The minimum Gasteiger partial charge on any atom is -0.486 e. The Morgan fingerprint density at radius 1 is 1.23 bits per heavy atom. The summed E-state index contributed by atoms with van der Waals surface area (Å²) in [6.07, 6.45) is -0.532. The first kappa shape index (κ1) is 15.8. The summed E-state index contributed by atoms with van der Waals surface area (Å²) in [7, 11) is 0. The maximum atomic E-state index is 11.1. The summed E-state index contributed by atoms with van der Waals surface area (Å²) in [6, 6.07) is 6.16. The van der Waals surface area contributed by atoms with Gasteiger partial charge in [-0.3, -0.25) is 4.90 Å². The first-order chi connectivity index (χ1) is 10.4. The second kappa shape index (κ2) is 5.84. The molecule has 1 N–H and O–H groups in total. The van der Waals surface area contributed by atoms with Crippen LogP contribution in [0.3, 0.4) is 0 Å². The van der Waals surface area contributed by atoms with Gasteiger partial charge in [-0.2, -0.15) is 0 Å². The van der Waals surface area contributed by atoms with E-state index >= 15 is 0 Å². The highest BCUT2D eigenvalue weighted by Gasteiger charge is 2.46. The van der Waals surface area contributed by atoms with Crippen LogP contribution < -0.4 is 4.74 Å². The number of benzene rings is 1.